The lowest BCUT2D eigenvalue weighted by atomic mass is 10.1. The molecule has 0 bridgehead atoms. The largest absolute Gasteiger partial charge is 0.497 e. The number of nitrogens with zero attached hydrogens (tertiary/aromatic N) is 2. The van der Waals surface area contributed by atoms with Crippen LogP contribution in [0.4, 0.5) is 0 Å². The van der Waals surface area contributed by atoms with E-state index >= 15 is 0 Å². The fourth-order valence-electron chi connectivity index (χ4n) is 3.33. The van der Waals surface area contributed by atoms with E-state index in [0.717, 1.165) is 36.6 Å². The summed E-state index contributed by atoms with van der Waals surface area (Å²) in [5.74, 6) is 0.697. The first-order valence-electron chi connectivity index (χ1n) is 9.13. The van der Waals surface area contributed by atoms with Gasteiger partial charge in [0.25, 0.3) is 0 Å². The number of rotatable bonds is 7. The Morgan fingerprint density at radius 3 is 2.96 bits per heavy atom. The molecule has 6 heteroatoms. The van der Waals surface area contributed by atoms with E-state index in [0.29, 0.717) is 0 Å². The molecule has 6 nitrogen and oxygen atoms in total. The summed E-state index contributed by atoms with van der Waals surface area (Å²) in [6.07, 6.45) is 8.86. The molecule has 1 fully saturated rings. The van der Waals surface area contributed by atoms with Crippen LogP contribution < -0.4 is 21.1 Å². The van der Waals surface area contributed by atoms with Gasteiger partial charge < -0.3 is 20.3 Å². The quantitative estimate of drug-likeness (QED) is 0.658. The van der Waals surface area contributed by atoms with Crippen LogP contribution >= 0.6 is 0 Å². The molecule has 0 amide bonds. The minimum atomic E-state index is -0.974. The van der Waals surface area contributed by atoms with Gasteiger partial charge in [-0.25, -0.2) is 4.99 Å². The Bertz CT molecular complexity index is 624. The van der Waals surface area contributed by atoms with Crippen molar-refractivity contribution in [3.8, 4) is 5.75 Å². The first-order valence-corrected chi connectivity index (χ1v) is 9.13. The fraction of sp³-hybridized carbons (Fsp3) is 0.526. The SMILES string of the molecule is COc1cccc(C2(N)N=CC=C(NCCCN3CCCCC3)N2)c1. The van der Waals surface area contributed by atoms with Crippen molar-refractivity contribution >= 4 is 6.21 Å². The van der Waals surface area contributed by atoms with Gasteiger partial charge in [-0.1, -0.05) is 18.6 Å². The van der Waals surface area contributed by atoms with Crippen molar-refractivity contribution in [2.24, 2.45) is 10.7 Å². The third-order valence-corrected chi connectivity index (χ3v) is 4.77. The highest BCUT2D eigenvalue weighted by Gasteiger charge is 2.28. The predicted molar refractivity (Wildman–Crippen MR) is 101 cm³/mol. The smallest absolute Gasteiger partial charge is 0.210 e. The highest BCUT2D eigenvalue weighted by Crippen LogP contribution is 2.23. The van der Waals surface area contributed by atoms with E-state index in [4.69, 9.17) is 10.5 Å². The van der Waals surface area contributed by atoms with Crippen LogP contribution in [0.15, 0.2) is 41.2 Å². The monoisotopic (exact) mass is 343 g/mol. The van der Waals surface area contributed by atoms with E-state index in [2.05, 4.69) is 20.5 Å². The van der Waals surface area contributed by atoms with Gasteiger partial charge in [-0.05, 0) is 57.1 Å². The lowest BCUT2D eigenvalue weighted by Crippen LogP contribution is -2.52. The van der Waals surface area contributed by atoms with Crippen molar-refractivity contribution in [1.29, 1.82) is 0 Å². The van der Waals surface area contributed by atoms with Gasteiger partial charge in [-0.2, -0.15) is 0 Å². The Labute approximate surface area is 150 Å². The molecule has 2 aliphatic rings. The molecule has 4 N–H and O–H groups in total. The molecule has 3 rings (SSSR count). The zero-order valence-corrected chi connectivity index (χ0v) is 15.0. The van der Waals surface area contributed by atoms with E-state index in [-0.39, 0.29) is 0 Å². The van der Waals surface area contributed by atoms with Gasteiger partial charge in [0, 0.05) is 18.3 Å². The number of nitrogens with one attached hydrogen (secondary N) is 2. The molecule has 136 valence electrons. The summed E-state index contributed by atoms with van der Waals surface area (Å²) >= 11 is 0. The average Bonchev–Trinajstić information content (AvgIpc) is 2.66. The summed E-state index contributed by atoms with van der Waals surface area (Å²) < 4.78 is 5.28. The Balaban J connectivity index is 1.50. The van der Waals surface area contributed by atoms with Gasteiger partial charge in [0.1, 0.15) is 11.6 Å². The van der Waals surface area contributed by atoms with E-state index in [9.17, 15) is 0 Å². The highest BCUT2D eigenvalue weighted by atomic mass is 16.5. The topological polar surface area (TPSA) is 74.9 Å². The van der Waals surface area contributed by atoms with Crippen molar-refractivity contribution < 1.29 is 4.74 Å². The molecule has 25 heavy (non-hydrogen) atoms. The number of nitrogens with two attached hydrogens (primary N) is 1. The minimum absolute atomic E-state index is 0.768. The van der Waals surface area contributed by atoms with Crippen molar-refractivity contribution in [3.63, 3.8) is 0 Å². The molecule has 1 aromatic carbocycles. The van der Waals surface area contributed by atoms with Crippen LogP contribution in [-0.4, -0.2) is 44.4 Å². The highest BCUT2D eigenvalue weighted by molar-refractivity contribution is 5.73. The lowest BCUT2D eigenvalue weighted by Gasteiger charge is -2.32. The molecule has 0 saturated carbocycles. The molecule has 0 spiro atoms. The molecule has 1 saturated heterocycles. The number of methoxy groups -OCH3 is 1. The number of likely N-dealkylation sites (tertiary alicyclic amines) is 1. The number of piperidine rings is 1. The van der Waals surface area contributed by atoms with Crippen LogP contribution in [0.25, 0.3) is 0 Å². The molecule has 1 unspecified atom stereocenters. The van der Waals surface area contributed by atoms with Crippen LogP contribution in [0, 0.1) is 0 Å². The Kier molecular flexibility index (Phi) is 5.94. The number of benzene rings is 1. The molecule has 0 aromatic heterocycles. The third-order valence-electron chi connectivity index (χ3n) is 4.77. The van der Waals surface area contributed by atoms with Gasteiger partial charge in [0.15, 0.2) is 0 Å². The van der Waals surface area contributed by atoms with E-state index in [1.165, 1.54) is 32.4 Å². The van der Waals surface area contributed by atoms with Crippen LogP contribution in [0.2, 0.25) is 0 Å². The van der Waals surface area contributed by atoms with Crippen LogP contribution in [0.5, 0.6) is 5.75 Å². The molecule has 0 aliphatic carbocycles. The maximum Gasteiger partial charge on any atom is 0.210 e. The van der Waals surface area contributed by atoms with Gasteiger partial charge in [-0.15, -0.1) is 0 Å². The number of ether oxygens (including phenoxy) is 1. The van der Waals surface area contributed by atoms with Gasteiger partial charge in [-0.3, -0.25) is 5.73 Å². The summed E-state index contributed by atoms with van der Waals surface area (Å²) in [6.45, 7) is 4.56. The number of hydrogen-bond donors (Lipinski definition) is 3. The van der Waals surface area contributed by atoms with Crippen molar-refractivity contribution in [2.75, 3.05) is 33.3 Å². The third kappa shape index (κ3) is 4.74. The minimum Gasteiger partial charge on any atom is -0.497 e. The van der Waals surface area contributed by atoms with Gasteiger partial charge in [0.05, 0.1) is 7.11 Å². The molecular formula is C19H29N5O. The second kappa shape index (κ2) is 8.36. The second-order valence-corrected chi connectivity index (χ2v) is 6.66. The van der Waals surface area contributed by atoms with E-state index < -0.39 is 5.79 Å². The zero-order chi connectivity index (χ0) is 17.5. The normalized spacial score (nSPS) is 23.7. The maximum absolute atomic E-state index is 6.46. The van der Waals surface area contributed by atoms with E-state index in [1.54, 1.807) is 13.3 Å². The Morgan fingerprint density at radius 2 is 2.16 bits per heavy atom. The first-order chi connectivity index (χ1) is 12.2. The lowest BCUT2D eigenvalue weighted by molar-refractivity contribution is 0.226. The Hall–Kier alpha value is -2.05. The van der Waals surface area contributed by atoms with Crippen molar-refractivity contribution in [3.05, 3.63) is 41.7 Å². The summed E-state index contributed by atoms with van der Waals surface area (Å²) in [4.78, 5) is 6.97. The molecular weight excluding hydrogens is 314 g/mol. The Morgan fingerprint density at radius 1 is 1.32 bits per heavy atom. The number of hydrogen-bond acceptors (Lipinski definition) is 6. The van der Waals surface area contributed by atoms with Crippen molar-refractivity contribution in [1.82, 2.24) is 15.5 Å². The summed E-state index contributed by atoms with van der Waals surface area (Å²) in [5, 5.41) is 6.73. The van der Waals surface area contributed by atoms with Crippen LogP contribution in [-0.2, 0) is 5.79 Å². The standard InChI is InChI=1S/C19H29N5O/c1-25-17-8-5-7-16(15-17)19(20)22-11-9-18(23-19)21-10-6-14-24-12-3-2-4-13-24/h5,7-9,11,15,21,23H,2-4,6,10,12-14,20H2,1H3. The molecule has 1 aromatic rings. The van der Waals surface area contributed by atoms with Crippen molar-refractivity contribution in [2.45, 2.75) is 31.5 Å². The molecule has 2 heterocycles. The van der Waals surface area contributed by atoms with E-state index in [1.807, 2.05) is 30.3 Å². The fourth-order valence-corrected chi connectivity index (χ4v) is 3.33. The van der Waals surface area contributed by atoms with Crippen LogP contribution in [0.1, 0.15) is 31.2 Å². The summed E-state index contributed by atoms with van der Waals surface area (Å²) in [5.41, 5.74) is 7.33. The molecule has 1 atom stereocenters. The van der Waals surface area contributed by atoms with Crippen LogP contribution in [0.3, 0.4) is 0 Å². The second-order valence-electron chi connectivity index (χ2n) is 6.66. The predicted octanol–water partition coefficient (Wildman–Crippen LogP) is 1.75. The van der Waals surface area contributed by atoms with Gasteiger partial charge in [0.2, 0.25) is 5.79 Å². The first kappa shape index (κ1) is 17.8. The summed E-state index contributed by atoms with van der Waals surface area (Å²) in [7, 11) is 1.65. The maximum atomic E-state index is 6.46. The van der Waals surface area contributed by atoms with Gasteiger partial charge >= 0.3 is 0 Å². The number of allylic oxidation sites excluding steroid dienone is 1. The zero-order valence-electron chi connectivity index (χ0n) is 15.0. The molecule has 2 aliphatic heterocycles. The number of aliphatic imine (C=N–C) groups is 1. The summed E-state index contributed by atoms with van der Waals surface area (Å²) in [6, 6.07) is 7.68. The molecule has 0 radical (unpaired) electrons. The average molecular weight is 343 g/mol.